The fourth-order valence-electron chi connectivity index (χ4n) is 2.16. The second-order valence-corrected chi connectivity index (χ2v) is 4.48. The van der Waals surface area contributed by atoms with Gasteiger partial charge in [0.25, 0.3) is 0 Å². The highest BCUT2D eigenvalue weighted by molar-refractivity contribution is 4.72. The van der Waals surface area contributed by atoms with Gasteiger partial charge in [0.2, 0.25) is 0 Å². The Bertz CT molecular complexity index is 159. The highest BCUT2D eigenvalue weighted by Gasteiger charge is 2.18. The first kappa shape index (κ1) is 13.9. The Morgan fingerprint density at radius 3 is 2.56 bits per heavy atom. The molecule has 0 aromatic carbocycles. The Hall–Kier alpha value is -0.160. The number of nitrogens with two attached hydrogens (primary N) is 1. The summed E-state index contributed by atoms with van der Waals surface area (Å²) in [6.07, 6.45) is 5.99. The molecule has 0 radical (unpaired) electrons. The first-order chi connectivity index (χ1) is 7.86. The summed E-state index contributed by atoms with van der Waals surface area (Å²) >= 11 is 0. The number of piperidine rings is 1. The van der Waals surface area contributed by atoms with Crippen LogP contribution in [0.25, 0.3) is 0 Å². The molecule has 3 N–H and O–H groups in total. The van der Waals surface area contributed by atoms with E-state index in [4.69, 9.17) is 15.6 Å². The molecule has 0 bridgehead atoms. The molecule has 0 aliphatic carbocycles. The Kier molecular flexibility index (Phi) is 7.76. The standard InChI is InChI=1S/C12H26N2O2/c13-6-11-16-12-4-8-14(9-5-12)7-2-1-3-10-15/h12,15H,1-11,13H2. The van der Waals surface area contributed by atoms with Crippen LogP contribution in [0, 0.1) is 0 Å². The maximum absolute atomic E-state index is 8.68. The molecule has 16 heavy (non-hydrogen) atoms. The predicted octanol–water partition coefficient (Wildman–Crippen LogP) is 0.589. The van der Waals surface area contributed by atoms with E-state index in [0.29, 0.717) is 25.9 Å². The zero-order chi connectivity index (χ0) is 11.6. The monoisotopic (exact) mass is 230 g/mol. The van der Waals surface area contributed by atoms with Gasteiger partial charge in [0, 0.05) is 26.2 Å². The SMILES string of the molecule is NCCOC1CCN(CCCCCO)CC1. The molecule has 4 nitrogen and oxygen atoms in total. The lowest BCUT2D eigenvalue weighted by Gasteiger charge is -2.31. The van der Waals surface area contributed by atoms with E-state index in [0.717, 1.165) is 38.8 Å². The number of hydrogen-bond acceptors (Lipinski definition) is 4. The maximum Gasteiger partial charge on any atom is 0.0600 e. The largest absolute Gasteiger partial charge is 0.396 e. The van der Waals surface area contributed by atoms with Gasteiger partial charge < -0.3 is 20.5 Å². The van der Waals surface area contributed by atoms with Gasteiger partial charge in [-0.1, -0.05) is 0 Å². The minimum Gasteiger partial charge on any atom is -0.396 e. The molecule has 1 rings (SSSR count). The number of hydrogen-bond donors (Lipinski definition) is 2. The van der Waals surface area contributed by atoms with Gasteiger partial charge >= 0.3 is 0 Å². The van der Waals surface area contributed by atoms with Crippen LogP contribution in [0.5, 0.6) is 0 Å². The van der Waals surface area contributed by atoms with Crippen LogP contribution >= 0.6 is 0 Å². The van der Waals surface area contributed by atoms with Gasteiger partial charge in [0.1, 0.15) is 0 Å². The van der Waals surface area contributed by atoms with Crippen molar-refractivity contribution in [2.24, 2.45) is 5.73 Å². The lowest BCUT2D eigenvalue weighted by molar-refractivity contribution is 0.0112. The zero-order valence-corrected chi connectivity index (χ0v) is 10.2. The fourth-order valence-corrected chi connectivity index (χ4v) is 2.16. The van der Waals surface area contributed by atoms with Crippen LogP contribution < -0.4 is 5.73 Å². The van der Waals surface area contributed by atoms with Crippen molar-refractivity contribution < 1.29 is 9.84 Å². The molecular weight excluding hydrogens is 204 g/mol. The second kappa shape index (κ2) is 8.93. The Morgan fingerprint density at radius 2 is 1.94 bits per heavy atom. The molecule has 0 spiro atoms. The van der Waals surface area contributed by atoms with Crippen LogP contribution in [-0.4, -0.2) is 55.5 Å². The number of nitrogens with zero attached hydrogens (tertiary/aromatic N) is 1. The Balaban J connectivity index is 1.98. The van der Waals surface area contributed by atoms with E-state index < -0.39 is 0 Å². The summed E-state index contributed by atoms with van der Waals surface area (Å²) < 4.78 is 5.64. The summed E-state index contributed by atoms with van der Waals surface area (Å²) in [5.74, 6) is 0. The molecule has 0 unspecified atom stereocenters. The lowest BCUT2D eigenvalue weighted by Crippen LogP contribution is -2.38. The number of rotatable bonds is 8. The third-order valence-corrected chi connectivity index (χ3v) is 3.14. The predicted molar refractivity (Wildman–Crippen MR) is 65.4 cm³/mol. The van der Waals surface area contributed by atoms with E-state index in [2.05, 4.69) is 4.90 Å². The highest BCUT2D eigenvalue weighted by Crippen LogP contribution is 2.14. The first-order valence-electron chi connectivity index (χ1n) is 6.51. The second-order valence-electron chi connectivity index (χ2n) is 4.48. The molecule has 1 aliphatic rings. The van der Waals surface area contributed by atoms with Crippen molar-refractivity contribution in [2.75, 3.05) is 39.4 Å². The summed E-state index contributed by atoms with van der Waals surface area (Å²) in [5.41, 5.74) is 5.41. The molecule has 0 atom stereocenters. The first-order valence-corrected chi connectivity index (χ1v) is 6.51. The number of ether oxygens (including phenoxy) is 1. The molecule has 0 aromatic rings. The van der Waals surface area contributed by atoms with E-state index in [1.54, 1.807) is 0 Å². The van der Waals surface area contributed by atoms with Crippen LogP contribution in [0.3, 0.4) is 0 Å². The zero-order valence-electron chi connectivity index (χ0n) is 10.2. The molecule has 0 aromatic heterocycles. The molecule has 96 valence electrons. The average molecular weight is 230 g/mol. The molecule has 1 aliphatic heterocycles. The van der Waals surface area contributed by atoms with Crippen molar-refractivity contribution in [1.29, 1.82) is 0 Å². The smallest absolute Gasteiger partial charge is 0.0600 e. The normalized spacial score (nSPS) is 19.1. The average Bonchev–Trinajstić information content (AvgIpc) is 2.33. The maximum atomic E-state index is 8.68. The minimum atomic E-state index is 0.328. The summed E-state index contributed by atoms with van der Waals surface area (Å²) in [4.78, 5) is 2.50. The van der Waals surface area contributed by atoms with Gasteiger partial charge in [-0.05, 0) is 38.6 Å². The van der Waals surface area contributed by atoms with Crippen LogP contribution in [-0.2, 0) is 4.74 Å². The lowest BCUT2D eigenvalue weighted by atomic mass is 10.1. The van der Waals surface area contributed by atoms with E-state index >= 15 is 0 Å². The van der Waals surface area contributed by atoms with Crippen LogP contribution in [0.1, 0.15) is 32.1 Å². The Labute approximate surface area is 98.8 Å². The van der Waals surface area contributed by atoms with Gasteiger partial charge in [-0.2, -0.15) is 0 Å². The van der Waals surface area contributed by atoms with Gasteiger partial charge in [-0.15, -0.1) is 0 Å². The summed E-state index contributed by atoms with van der Waals surface area (Å²) in [5, 5.41) is 8.68. The summed E-state index contributed by atoms with van der Waals surface area (Å²) in [6, 6.07) is 0. The molecule has 1 fully saturated rings. The van der Waals surface area contributed by atoms with Crippen LogP contribution in [0.2, 0.25) is 0 Å². The quantitative estimate of drug-likeness (QED) is 0.599. The molecule has 0 amide bonds. The molecule has 0 saturated carbocycles. The van der Waals surface area contributed by atoms with Crippen molar-refractivity contribution in [2.45, 2.75) is 38.2 Å². The highest BCUT2D eigenvalue weighted by atomic mass is 16.5. The van der Waals surface area contributed by atoms with Gasteiger partial charge in [-0.3, -0.25) is 0 Å². The number of aliphatic hydroxyl groups is 1. The van der Waals surface area contributed by atoms with Gasteiger partial charge in [0.05, 0.1) is 12.7 Å². The van der Waals surface area contributed by atoms with E-state index in [1.807, 2.05) is 0 Å². The van der Waals surface area contributed by atoms with Crippen molar-refractivity contribution in [3.8, 4) is 0 Å². The summed E-state index contributed by atoms with van der Waals surface area (Å²) in [7, 11) is 0. The van der Waals surface area contributed by atoms with E-state index in [1.165, 1.54) is 13.0 Å². The van der Waals surface area contributed by atoms with E-state index in [9.17, 15) is 0 Å². The van der Waals surface area contributed by atoms with E-state index in [-0.39, 0.29) is 0 Å². The fraction of sp³-hybridized carbons (Fsp3) is 1.00. The minimum absolute atomic E-state index is 0.328. The molecule has 1 heterocycles. The van der Waals surface area contributed by atoms with Crippen molar-refractivity contribution in [3.63, 3.8) is 0 Å². The molecule has 1 saturated heterocycles. The molecular formula is C12H26N2O2. The third-order valence-electron chi connectivity index (χ3n) is 3.14. The number of likely N-dealkylation sites (tertiary alicyclic amines) is 1. The third kappa shape index (κ3) is 5.80. The number of unbranched alkanes of at least 4 members (excludes halogenated alkanes) is 2. The topological polar surface area (TPSA) is 58.7 Å². The van der Waals surface area contributed by atoms with Gasteiger partial charge in [-0.25, -0.2) is 0 Å². The molecule has 4 heteroatoms. The Morgan fingerprint density at radius 1 is 1.19 bits per heavy atom. The number of aliphatic hydroxyl groups excluding tert-OH is 1. The summed E-state index contributed by atoms with van der Waals surface area (Å²) in [6.45, 7) is 5.11. The van der Waals surface area contributed by atoms with Gasteiger partial charge in [0.15, 0.2) is 0 Å². The van der Waals surface area contributed by atoms with Crippen molar-refractivity contribution in [1.82, 2.24) is 4.90 Å². The van der Waals surface area contributed by atoms with Crippen molar-refractivity contribution >= 4 is 0 Å². The van der Waals surface area contributed by atoms with Crippen molar-refractivity contribution in [3.05, 3.63) is 0 Å². The van der Waals surface area contributed by atoms with Crippen LogP contribution in [0.15, 0.2) is 0 Å². The van der Waals surface area contributed by atoms with Crippen LogP contribution in [0.4, 0.5) is 0 Å².